The Morgan fingerprint density at radius 1 is 1.36 bits per heavy atom. The van der Waals surface area contributed by atoms with E-state index in [9.17, 15) is 0 Å². The first-order chi connectivity index (χ1) is 6.86. The van der Waals surface area contributed by atoms with Crippen molar-refractivity contribution in [2.24, 2.45) is 5.92 Å². The molecule has 1 N–H and O–H groups in total. The smallest absolute Gasteiger partial charge is 0.00173 e. The van der Waals surface area contributed by atoms with Gasteiger partial charge >= 0.3 is 0 Å². The van der Waals surface area contributed by atoms with Crippen molar-refractivity contribution in [1.82, 2.24) is 5.32 Å². The molecule has 1 aromatic carbocycles. The molecule has 1 heterocycles. The van der Waals surface area contributed by atoms with E-state index in [0.717, 1.165) is 12.5 Å². The highest BCUT2D eigenvalue weighted by atomic mass is 14.9. The summed E-state index contributed by atoms with van der Waals surface area (Å²) in [5, 5.41) is 3.40. The summed E-state index contributed by atoms with van der Waals surface area (Å²) in [4.78, 5) is 0. The minimum Gasteiger partial charge on any atom is -0.316 e. The topological polar surface area (TPSA) is 12.0 Å². The highest BCUT2D eigenvalue weighted by Gasteiger charge is 2.15. The van der Waals surface area contributed by atoms with E-state index in [1.807, 2.05) is 0 Å². The fraction of sp³-hybridized carbons (Fsp3) is 0.385. The number of hydrogen-bond donors (Lipinski definition) is 1. The van der Waals surface area contributed by atoms with E-state index in [-0.39, 0.29) is 0 Å². The fourth-order valence-corrected chi connectivity index (χ4v) is 1.97. The maximum Gasteiger partial charge on any atom is 0.00173 e. The summed E-state index contributed by atoms with van der Waals surface area (Å²) in [6.45, 7) is 4.56. The van der Waals surface area contributed by atoms with Crippen molar-refractivity contribution in [2.75, 3.05) is 13.1 Å². The summed E-state index contributed by atoms with van der Waals surface area (Å²) < 4.78 is 0. The average molecular weight is 187 g/mol. The van der Waals surface area contributed by atoms with E-state index < -0.39 is 0 Å². The Morgan fingerprint density at radius 2 is 2.14 bits per heavy atom. The number of rotatable bonds is 2. The molecular weight excluding hydrogens is 170 g/mol. The first kappa shape index (κ1) is 9.47. The summed E-state index contributed by atoms with van der Waals surface area (Å²) in [6, 6.07) is 10.6. The van der Waals surface area contributed by atoms with Crippen LogP contribution in [0, 0.1) is 5.92 Å². The van der Waals surface area contributed by atoms with Crippen molar-refractivity contribution in [3.63, 3.8) is 0 Å². The van der Waals surface area contributed by atoms with Gasteiger partial charge in [0.15, 0.2) is 0 Å². The van der Waals surface area contributed by atoms with Gasteiger partial charge in [-0.05, 0) is 31.4 Å². The number of benzene rings is 1. The zero-order valence-corrected chi connectivity index (χ0v) is 8.66. The molecule has 14 heavy (non-hydrogen) atoms. The maximum atomic E-state index is 3.40. The lowest BCUT2D eigenvalue weighted by Gasteiger charge is -2.08. The zero-order chi connectivity index (χ0) is 9.80. The Hall–Kier alpha value is -1.08. The molecule has 0 aliphatic carbocycles. The lowest BCUT2D eigenvalue weighted by molar-refractivity contribution is 0.686. The first-order valence-corrected chi connectivity index (χ1v) is 5.30. The van der Waals surface area contributed by atoms with E-state index in [1.54, 1.807) is 0 Å². The molecule has 0 saturated carbocycles. The number of hydrogen-bond acceptors (Lipinski definition) is 1. The van der Waals surface area contributed by atoms with E-state index in [1.165, 1.54) is 24.1 Å². The monoisotopic (exact) mass is 187 g/mol. The van der Waals surface area contributed by atoms with E-state index >= 15 is 0 Å². The molecule has 0 aromatic heterocycles. The van der Waals surface area contributed by atoms with Crippen molar-refractivity contribution in [3.8, 4) is 0 Å². The molecule has 1 aliphatic rings. The van der Waals surface area contributed by atoms with Gasteiger partial charge in [0.05, 0.1) is 0 Å². The van der Waals surface area contributed by atoms with Gasteiger partial charge in [-0.25, -0.2) is 0 Å². The Morgan fingerprint density at radius 3 is 2.79 bits per heavy atom. The van der Waals surface area contributed by atoms with Gasteiger partial charge in [0.2, 0.25) is 0 Å². The van der Waals surface area contributed by atoms with Gasteiger partial charge in [-0.1, -0.05) is 42.0 Å². The minimum atomic E-state index is 0.746. The Bertz CT molecular complexity index is 307. The molecule has 1 nitrogen and oxygen atoms in total. The first-order valence-electron chi connectivity index (χ1n) is 5.30. The third-order valence-corrected chi connectivity index (χ3v) is 2.90. The number of nitrogens with one attached hydrogen (secondary N) is 1. The molecule has 1 atom stereocenters. The van der Waals surface area contributed by atoms with Crippen LogP contribution in [-0.2, 0) is 0 Å². The molecule has 0 amide bonds. The second-order valence-electron chi connectivity index (χ2n) is 3.99. The molecule has 0 bridgehead atoms. The molecule has 2 rings (SSSR count). The van der Waals surface area contributed by atoms with Crippen molar-refractivity contribution in [2.45, 2.75) is 13.3 Å². The molecule has 1 saturated heterocycles. The molecule has 1 aromatic rings. The minimum absolute atomic E-state index is 0.746. The van der Waals surface area contributed by atoms with Gasteiger partial charge in [0, 0.05) is 6.54 Å². The van der Waals surface area contributed by atoms with E-state index in [2.05, 4.69) is 48.6 Å². The SMILES string of the molecule is C/C(=C\c1ccccc1)C1CCNC1. The van der Waals surface area contributed by atoms with Crippen molar-refractivity contribution in [3.05, 3.63) is 41.5 Å². The van der Waals surface area contributed by atoms with Crippen LogP contribution >= 0.6 is 0 Å². The standard InChI is InChI=1S/C13H17N/c1-11(13-7-8-14-10-13)9-12-5-3-2-4-6-12/h2-6,9,13-14H,7-8,10H2,1H3/b11-9+. The summed E-state index contributed by atoms with van der Waals surface area (Å²) in [6.07, 6.45) is 3.59. The van der Waals surface area contributed by atoms with Gasteiger partial charge in [-0.2, -0.15) is 0 Å². The van der Waals surface area contributed by atoms with Crippen molar-refractivity contribution >= 4 is 6.08 Å². The summed E-state index contributed by atoms with van der Waals surface area (Å²) >= 11 is 0. The lowest BCUT2D eigenvalue weighted by atomic mass is 9.98. The average Bonchev–Trinajstić information content (AvgIpc) is 2.72. The van der Waals surface area contributed by atoms with Crippen molar-refractivity contribution in [1.29, 1.82) is 0 Å². The highest BCUT2D eigenvalue weighted by molar-refractivity contribution is 5.52. The molecule has 0 spiro atoms. The third-order valence-electron chi connectivity index (χ3n) is 2.90. The van der Waals surface area contributed by atoms with Crippen molar-refractivity contribution < 1.29 is 0 Å². The highest BCUT2D eigenvalue weighted by Crippen LogP contribution is 2.20. The summed E-state index contributed by atoms with van der Waals surface area (Å²) in [7, 11) is 0. The third kappa shape index (κ3) is 2.24. The molecule has 1 aliphatic heterocycles. The van der Waals surface area contributed by atoms with Crippen LogP contribution in [0.2, 0.25) is 0 Å². The molecule has 0 radical (unpaired) electrons. The van der Waals surface area contributed by atoms with Crippen LogP contribution in [0.1, 0.15) is 18.9 Å². The molecular formula is C13H17N. The van der Waals surface area contributed by atoms with E-state index in [4.69, 9.17) is 0 Å². The van der Waals surface area contributed by atoms with E-state index in [0.29, 0.717) is 0 Å². The van der Waals surface area contributed by atoms with Gasteiger partial charge < -0.3 is 5.32 Å². The molecule has 74 valence electrons. The predicted octanol–water partition coefficient (Wildman–Crippen LogP) is 2.70. The molecule has 1 heteroatoms. The van der Waals surface area contributed by atoms with Gasteiger partial charge in [-0.3, -0.25) is 0 Å². The molecule has 1 fully saturated rings. The second-order valence-corrected chi connectivity index (χ2v) is 3.99. The quantitative estimate of drug-likeness (QED) is 0.750. The van der Waals surface area contributed by atoms with Crippen LogP contribution in [0.15, 0.2) is 35.9 Å². The lowest BCUT2D eigenvalue weighted by Crippen LogP contribution is -2.09. The second kappa shape index (κ2) is 4.43. The van der Waals surface area contributed by atoms with Crippen LogP contribution in [0.4, 0.5) is 0 Å². The molecule has 1 unspecified atom stereocenters. The fourth-order valence-electron chi connectivity index (χ4n) is 1.97. The Balaban J connectivity index is 2.10. The van der Waals surface area contributed by atoms with Gasteiger partial charge in [0.25, 0.3) is 0 Å². The predicted molar refractivity (Wildman–Crippen MR) is 61.1 cm³/mol. The van der Waals surface area contributed by atoms with Crippen LogP contribution in [0.5, 0.6) is 0 Å². The van der Waals surface area contributed by atoms with Crippen LogP contribution in [-0.4, -0.2) is 13.1 Å². The summed E-state index contributed by atoms with van der Waals surface area (Å²) in [5.74, 6) is 0.746. The van der Waals surface area contributed by atoms with Crippen LogP contribution < -0.4 is 5.32 Å². The largest absolute Gasteiger partial charge is 0.316 e. The Labute approximate surface area is 85.8 Å². The maximum absolute atomic E-state index is 3.40. The van der Waals surface area contributed by atoms with Gasteiger partial charge in [-0.15, -0.1) is 0 Å². The Kier molecular flexibility index (Phi) is 3.00. The van der Waals surface area contributed by atoms with Crippen LogP contribution in [0.25, 0.3) is 6.08 Å². The zero-order valence-electron chi connectivity index (χ0n) is 8.66. The van der Waals surface area contributed by atoms with Crippen LogP contribution in [0.3, 0.4) is 0 Å². The van der Waals surface area contributed by atoms with Gasteiger partial charge in [0.1, 0.15) is 0 Å². The summed E-state index contributed by atoms with van der Waals surface area (Å²) in [5.41, 5.74) is 2.82. The normalized spacial score (nSPS) is 22.6.